The number of ether oxygens (including phenoxy) is 2. The number of nitrogens with zero attached hydrogens (tertiary/aromatic N) is 2. The van der Waals surface area contributed by atoms with Crippen molar-refractivity contribution in [1.82, 2.24) is 4.90 Å². The Morgan fingerprint density at radius 1 is 1.50 bits per heavy atom. The number of phenolic OH excluding ortho intramolecular Hbond substituents is 1. The van der Waals surface area contributed by atoms with Gasteiger partial charge in [0.2, 0.25) is 0 Å². The topological polar surface area (TPSA) is 102 Å². The number of benzene rings is 1. The van der Waals surface area contributed by atoms with Crippen molar-refractivity contribution in [1.29, 1.82) is 0 Å². The van der Waals surface area contributed by atoms with E-state index in [1.54, 1.807) is 16.7 Å². The van der Waals surface area contributed by atoms with E-state index in [1.807, 2.05) is 13.8 Å². The molecule has 1 saturated heterocycles. The second kappa shape index (κ2) is 9.09. The van der Waals surface area contributed by atoms with Crippen LogP contribution in [0.2, 0.25) is 0 Å². The number of carbonyl (C=O) groups is 1. The molecule has 1 aliphatic rings. The van der Waals surface area contributed by atoms with Gasteiger partial charge in [-0.15, -0.1) is 11.8 Å². The van der Waals surface area contributed by atoms with E-state index >= 15 is 0 Å². The molecule has 0 bridgehead atoms. The van der Waals surface area contributed by atoms with Crippen LogP contribution in [0, 0.1) is 10.1 Å². The summed E-state index contributed by atoms with van der Waals surface area (Å²) in [5, 5.41) is 21.2. The highest BCUT2D eigenvalue weighted by molar-refractivity contribution is 7.99. The van der Waals surface area contributed by atoms with Crippen LogP contribution in [0.15, 0.2) is 12.1 Å². The molecule has 1 aliphatic heterocycles. The van der Waals surface area contributed by atoms with Crippen molar-refractivity contribution < 1.29 is 24.3 Å². The molecule has 0 aromatic heterocycles. The number of aromatic hydroxyl groups is 1. The monoisotopic (exact) mass is 384 g/mol. The fraction of sp³-hybridized carbons (Fsp3) is 0.588. The summed E-state index contributed by atoms with van der Waals surface area (Å²) >= 11 is 1.62. The number of hydrogen-bond donors (Lipinski definition) is 1. The average Bonchev–Trinajstić information content (AvgIpc) is 3.10. The van der Waals surface area contributed by atoms with Gasteiger partial charge in [0.05, 0.1) is 24.1 Å². The van der Waals surface area contributed by atoms with Crippen LogP contribution < -0.4 is 4.74 Å². The molecule has 26 heavy (non-hydrogen) atoms. The van der Waals surface area contributed by atoms with Gasteiger partial charge in [-0.25, -0.2) is 0 Å². The van der Waals surface area contributed by atoms with E-state index in [4.69, 9.17) is 9.47 Å². The van der Waals surface area contributed by atoms with Gasteiger partial charge in [0.15, 0.2) is 11.5 Å². The molecule has 9 heteroatoms. The molecule has 0 saturated carbocycles. The summed E-state index contributed by atoms with van der Waals surface area (Å²) in [5.41, 5.74) is -0.696. The first kappa shape index (κ1) is 20.3. The number of carbonyl (C=O) groups excluding carboxylic acids is 1. The number of likely N-dealkylation sites (tertiary alicyclic amines) is 1. The minimum atomic E-state index is -0.668. The third kappa shape index (κ3) is 4.21. The van der Waals surface area contributed by atoms with E-state index in [-0.39, 0.29) is 28.5 Å². The van der Waals surface area contributed by atoms with Gasteiger partial charge in [0.1, 0.15) is 11.0 Å². The van der Waals surface area contributed by atoms with Crippen LogP contribution in [0.5, 0.6) is 11.5 Å². The van der Waals surface area contributed by atoms with Crippen LogP contribution in [0.4, 0.5) is 5.69 Å². The van der Waals surface area contributed by atoms with Gasteiger partial charge in [-0.2, -0.15) is 0 Å². The van der Waals surface area contributed by atoms with Crippen molar-refractivity contribution in [3.63, 3.8) is 0 Å². The highest BCUT2D eigenvalue weighted by atomic mass is 32.2. The largest absolute Gasteiger partial charge is 0.504 e. The molecule has 1 amide bonds. The summed E-state index contributed by atoms with van der Waals surface area (Å²) < 4.78 is 10.8. The Balaban J connectivity index is 2.38. The highest BCUT2D eigenvalue weighted by Gasteiger charge is 2.38. The van der Waals surface area contributed by atoms with Gasteiger partial charge in [-0.1, -0.05) is 6.92 Å². The maximum Gasteiger partial charge on any atom is 0.286 e. The highest BCUT2D eigenvalue weighted by Crippen LogP contribution is 2.36. The molecule has 1 aromatic rings. The van der Waals surface area contributed by atoms with Crippen molar-refractivity contribution in [3.05, 3.63) is 27.8 Å². The van der Waals surface area contributed by atoms with Crippen molar-refractivity contribution in [2.24, 2.45) is 0 Å². The third-order valence-corrected chi connectivity index (χ3v) is 5.37. The van der Waals surface area contributed by atoms with Crippen molar-refractivity contribution in [3.8, 4) is 11.5 Å². The number of amides is 1. The van der Waals surface area contributed by atoms with Crippen LogP contribution in [0.25, 0.3) is 0 Å². The van der Waals surface area contributed by atoms with Crippen LogP contribution in [-0.2, 0) is 4.74 Å². The predicted molar refractivity (Wildman–Crippen MR) is 98.9 cm³/mol. The molecule has 2 unspecified atom stereocenters. The molecule has 1 fully saturated rings. The number of methoxy groups -OCH3 is 1. The summed E-state index contributed by atoms with van der Waals surface area (Å²) in [5.74, 6) is 0.0523. The first-order valence-corrected chi connectivity index (χ1v) is 9.58. The summed E-state index contributed by atoms with van der Waals surface area (Å²) in [6, 6.07) is 2.04. The van der Waals surface area contributed by atoms with Crippen molar-refractivity contribution in [2.45, 2.75) is 38.2 Å². The van der Waals surface area contributed by atoms with E-state index in [9.17, 15) is 20.0 Å². The second-order valence-corrected chi connectivity index (χ2v) is 7.16. The number of phenols is 1. The lowest BCUT2D eigenvalue weighted by molar-refractivity contribution is -0.385. The summed E-state index contributed by atoms with van der Waals surface area (Å²) in [4.78, 5) is 25.4. The van der Waals surface area contributed by atoms with E-state index in [1.165, 1.54) is 13.2 Å². The second-order valence-electron chi connectivity index (χ2n) is 5.79. The quantitative estimate of drug-likeness (QED) is 0.417. The number of thioether (sulfide) groups is 1. The van der Waals surface area contributed by atoms with Gasteiger partial charge >= 0.3 is 0 Å². The van der Waals surface area contributed by atoms with E-state index in [0.29, 0.717) is 13.2 Å². The Bertz CT molecular complexity index is 663. The van der Waals surface area contributed by atoms with Gasteiger partial charge in [0, 0.05) is 19.2 Å². The summed E-state index contributed by atoms with van der Waals surface area (Å²) in [6.07, 6.45) is 1.60. The Morgan fingerprint density at radius 2 is 2.23 bits per heavy atom. The molecule has 2 atom stereocenters. The average molecular weight is 384 g/mol. The predicted octanol–water partition coefficient (Wildman–Crippen LogP) is 3.03. The van der Waals surface area contributed by atoms with E-state index < -0.39 is 16.5 Å². The lowest BCUT2D eigenvalue weighted by Crippen LogP contribution is -2.43. The zero-order valence-corrected chi connectivity index (χ0v) is 16.0. The number of nitro benzene ring substituents is 1. The lowest BCUT2D eigenvalue weighted by Gasteiger charge is -2.31. The minimum Gasteiger partial charge on any atom is -0.504 e. The lowest BCUT2D eigenvalue weighted by atomic mass is 10.1. The molecule has 8 nitrogen and oxygen atoms in total. The fourth-order valence-corrected chi connectivity index (χ4v) is 4.19. The van der Waals surface area contributed by atoms with Gasteiger partial charge < -0.3 is 19.5 Å². The Kier molecular flexibility index (Phi) is 7.10. The zero-order valence-electron chi connectivity index (χ0n) is 15.1. The van der Waals surface area contributed by atoms with Crippen LogP contribution >= 0.6 is 11.8 Å². The molecule has 0 spiro atoms. The Hall–Kier alpha value is -2.00. The van der Waals surface area contributed by atoms with Gasteiger partial charge in [-0.05, 0) is 25.5 Å². The molecule has 2 rings (SSSR count). The molecular weight excluding hydrogens is 360 g/mol. The smallest absolute Gasteiger partial charge is 0.286 e. The number of nitro groups is 1. The molecule has 1 heterocycles. The molecule has 144 valence electrons. The SMILES string of the molecule is CCOC(SCC)C1CCCN1C(=O)c1cc(OC)c(O)cc1[N+](=O)[O-]. The maximum absolute atomic E-state index is 13.1. The number of hydrogen-bond acceptors (Lipinski definition) is 7. The Labute approximate surface area is 156 Å². The Morgan fingerprint density at radius 3 is 2.81 bits per heavy atom. The van der Waals surface area contributed by atoms with Crippen molar-refractivity contribution in [2.75, 3.05) is 26.0 Å². The van der Waals surface area contributed by atoms with E-state index in [0.717, 1.165) is 24.7 Å². The zero-order chi connectivity index (χ0) is 19.3. The molecule has 1 N–H and O–H groups in total. The molecule has 0 aliphatic carbocycles. The molecule has 0 radical (unpaired) electrons. The van der Waals surface area contributed by atoms with Crippen LogP contribution in [0.3, 0.4) is 0 Å². The van der Waals surface area contributed by atoms with E-state index in [2.05, 4.69) is 0 Å². The van der Waals surface area contributed by atoms with Crippen LogP contribution in [0.1, 0.15) is 37.0 Å². The van der Waals surface area contributed by atoms with Crippen LogP contribution in [-0.4, -0.2) is 58.3 Å². The fourth-order valence-electron chi connectivity index (χ4n) is 3.12. The maximum atomic E-state index is 13.1. The standard InChI is InChI=1S/C17H24N2O6S/c1-4-25-17(26-5-2)12-7-6-8-18(12)16(21)11-9-15(24-3)14(20)10-13(11)19(22)23/h9-10,12,17,20H,4-8H2,1-3H3. The van der Waals surface area contributed by atoms with Gasteiger partial charge in [-0.3, -0.25) is 14.9 Å². The first-order valence-electron chi connectivity index (χ1n) is 8.54. The summed E-state index contributed by atoms with van der Waals surface area (Å²) in [6.45, 7) is 4.97. The third-order valence-electron chi connectivity index (χ3n) is 4.26. The number of rotatable bonds is 8. The molecular formula is C17H24N2O6S. The summed E-state index contributed by atoms with van der Waals surface area (Å²) in [7, 11) is 1.33. The van der Waals surface area contributed by atoms with Crippen molar-refractivity contribution >= 4 is 23.4 Å². The minimum absolute atomic E-state index is 0.0268. The normalized spacial score (nSPS) is 18.0. The van der Waals surface area contributed by atoms with Gasteiger partial charge in [0.25, 0.3) is 11.6 Å². The first-order chi connectivity index (χ1) is 12.4. The molecule has 1 aromatic carbocycles.